The minimum Gasteiger partial charge on any atom is -0.481 e. The Balaban J connectivity index is 2.53. The Kier molecular flexibility index (Phi) is 5.69. The van der Waals surface area contributed by atoms with Crippen LogP contribution in [-0.4, -0.2) is 39.0 Å². The number of hydrogen-bond acceptors (Lipinski definition) is 5. The Morgan fingerprint density at radius 3 is 2.45 bits per heavy atom. The molecule has 0 aliphatic rings. The van der Waals surface area contributed by atoms with Crippen LogP contribution in [-0.2, 0) is 11.2 Å². The lowest BCUT2D eigenvalue weighted by atomic mass is 9.99. The van der Waals surface area contributed by atoms with Crippen molar-refractivity contribution in [1.82, 2.24) is 15.5 Å². The maximum absolute atomic E-state index is 12.2. The van der Waals surface area contributed by atoms with Gasteiger partial charge in [-0.05, 0) is 20.3 Å². The molecule has 3 N–H and O–H groups in total. The highest BCUT2D eigenvalue weighted by Crippen LogP contribution is 2.25. The van der Waals surface area contributed by atoms with Crippen molar-refractivity contribution in [2.24, 2.45) is 0 Å². The van der Waals surface area contributed by atoms with Gasteiger partial charge in [-0.2, -0.15) is 13.2 Å². The first-order valence-electron chi connectivity index (χ1n) is 6.17. The summed E-state index contributed by atoms with van der Waals surface area (Å²) in [5.74, 6) is -0.990. The van der Waals surface area contributed by atoms with Gasteiger partial charge in [-0.25, -0.2) is 4.79 Å². The first kappa shape index (κ1) is 18.1. The average Bonchev–Trinajstić information content (AvgIpc) is 2.70. The fourth-order valence-corrected chi connectivity index (χ4v) is 2.23. The number of aromatic nitrogens is 2. The van der Waals surface area contributed by atoms with Crippen LogP contribution in [0.4, 0.5) is 23.1 Å². The fraction of sp³-hybridized carbons (Fsp3) is 0.636. The molecule has 0 aliphatic heterocycles. The standard InChI is InChI=1S/C11H15F3N4O3S/c1-10(2,4-3-7(19)20)16-8(21)15-9-18-17-6(22-9)5-11(12,13)14/h3-5H2,1-2H3,(H,19,20)(H2,15,16,18,21). The predicted molar refractivity (Wildman–Crippen MR) is 72.8 cm³/mol. The molecule has 0 fully saturated rings. The van der Waals surface area contributed by atoms with Crippen LogP contribution in [0.25, 0.3) is 0 Å². The third-order valence-corrected chi connectivity index (χ3v) is 3.29. The summed E-state index contributed by atoms with van der Waals surface area (Å²) in [6.45, 7) is 3.26. The number of nitrogens with zero attached hydrogens (tertiary/aromatic N) is 2. The third-order valence-electron chi connectivity index (χ3n) is 2.45. The van der Waals surface area contributed by atoms with Gasteiger partial charge in [0.05, 0.1) is 6.42 Å². The molecular weight excluding hydrogens is 325 g/mol. The van der Waals surface area contributed by atoms with Gasteiger partial charge in [0.25, 0.3) is 0 Å². The molecule has 7 nitrogen and oxygen atoms in total. The number of carbonyl (C=O) groups is 2. The topological polar surface area (TPSA) is 104 Å². The van der Waals surface area contributed by atoms with Crippen LogP contribution in [0.15, 0.2) is 0 Å². The molecule has 1 aromatic heterocycles. The Bertz CT molecular complexity index is 545. The van der Waals surface area contributed by atoms with Crippen molar-refractivity contribution in [3.05, 3.63) is 5.01 Å². The molecule has 0 radical (unpaired) electrons. The fourth-order valence-electron chi connectivity index (χ4n) is 1.46. The smallest absolute Gasteiger partial charge is 0.395 e. The Labute approximate surface area is 127 Å². The molecule has 0 bridgehead atoms. The SMILES string of the molecule is CC(C)(CCC(=O)O)NC(=O)Nc1nnc(CC(F)(F)F)s1. The van der Waals surface area contributed by atoms with Crippen LogP contribution in [0.1, 0.15) is 31.7 Å². The van der Waals surface area contributed by atoms with Gasteiger partial charge >= 0.3 is 18.2 Å². The zero-order valence-corrected chi connectivity index (χ0v) is 12.6. The summed E-state index contributed by atoms with van der Waals surface area (Å²) in [6.07, 6.45) is -5.52. The van der Waals surface area contributed by atoms with Crippen molar-refractivity contribution in [3.8, 4) is 0 Å². The van der Waals surface area contributed by atoms with Gasteiger partial charge in [0.2, 0.25) is 5.13 Å². The second-order valence-electron chi connectivity index (χ2n) is 5.15. The summed E-state index contributed by atoms with van der Waals surface area (Å²) in [4.78, 5) is 22.2. The van der Waals surface area contributed by atoms with E-state index < -0.39 is 30.1 Å². The maximum Gasteiger partial charge on any atom is 0.395 e. The van der Waals surface area contributed by atoms with Crippen molar-refractivity contribution in [3.63, 3.8) is 0 Å². The lowest BCUT2D eigenvalue weighted by Gasteiger charge is -2.25. The summed E-state index contributed by atoms with van der Waals surface area (Å²) < 4.78 is 36.5. The Morgan fingerprint density at radius 1 is 1.27 bits per heavy atom. The molecule has 0 unspecified atom stereocenters. The molecule has 1 rings (SSSR count). The lowest BCUT2D eigenvalue weighted by Crippen LogP contribution is -2.45. The summed E-state index contributed by atoms with van der Waals surface area (Å²) in [5, 5.41) is 19.9. The maximum atomic E-state index is 12.2. The summed E-state index contributed by atoms with van der Waals surface area (Å²) in [6, 6.07) is -0.690. The molecule has 0 atom stereocenters. The van der Waals surface area contributed by atoms with Crippen LogP contribution in [0.3, 0.4) is 0 Å². The van der Waals surface area contributed by atoms with Gasteiger partial charge < -0.3 is 10.4 Å². The van der Waals surface area contributed by atoms with E-state index in [9.17, 15) is 22.8 Å². The van der Waals surface area contributed by atoms with E-state index in [1.807, 2.05) is 0 Å². The molecule has 22 heavy (non-hydrogen) atoms. The van der Waals surface area contributed by atoms with Crippen LogP contribution >= 0.6 is 11.3 Å². The van der Waals surface area contributed by atoms with E-state index in [0.29, 0.717) is 11.3 Å². The van der Waals surface area contributed by atoms with Gasteiger partial charge in [0.1, 0.15) is 5.01 Å². The van der Waals surface area contributed by atoms with E-state index >= 15 is 0 Å². The number of anilines is 1. The van der Waals surface area contributed by atoms with Crippen molar-refractivity contribution < 1.29 is 27.9 Å². The highest BCUT2D eigenvalue weighted by atomic mass is 32.1. The molecule has 11 heteroatoms. The predicted octanol–water partition coefficient (Wildman–Crippen LogP) is 2.41. The zero-order valence-electron chi connectivity index (χ0n) is 11.8. The summed E-state index contributed by atoms with van der Waals surface area (Å²) in [5.41, 5.74) is -0.790. The van der Waals surface area contributed by atoms with Crippen LogP contribution in [0, 0.1) is 0 Å². The average molecular weight is 340 g/mol. The van der Waals surface area contributed by atoms with E-state index in [4.69, 9.17) is 5.11 Å². The number of carboxylic acid groups (broad SMARTS) is 1. The van der Waals surface area contributed by atoms with Crippen molar-refractivity contribution in [2.45, 2.75) is 44.8 Å². The quantitative estimate of drug-likeness (QED) is 0.738. The number of halogens is 3. The molecule has 1 aromatic rings. The van der Waals surface area contributed by atoms with E-state index in [2.05, 4.69) is 20.8 Å². The molecule has 2 amide bonds. The minimum atomic E-state index is -4.39. The molecule has 0 saturated carbocycles. The molecule has 0 aliphatic carbocycles. The van der Waals surface area contributed by atoms with Gasteiger partial charge in [-0.3, -0.25) is 10.1 Å². The highest BCUT2D eigenvalue weighted by molar-refractivity contribution is 7.15. The lowest BCUT2D eigenvalue weighted by molar-refractivity contribution is -0.137. The second-order valence-corrected chi connectivity index (χ2v) is 6.21. The zero-order chi connectivity index (χ0) is 17.0. The number of amides is 2. The number of urea groups is 1. The number of aliphatic carboxylic acids is 1. The van der Waals surface area contributed by atoms with Crippen molar-refractivity contribution in [1.29, 1.82) is 0 Å². The number of nitrogens with one attached hydrogen (secondary N) is 2. The van der Waals surface area contributed by atoms with E-state index in [-0.39, 0.29) is 23.0 Å². The van der Waals surface area contributed by atoms with Crippen molar-refractivity contribution in [2.75, 3.05) is 5.32 Å². The van der Waals surface area contributed by atoms with Crippen molar-refractivity contribution >= 4 is 28.5 Å². The molecule has 124 valence electrons. The van der Waals surface area contributed by atoms with Gasteiger partial charge in [-0.1, -0.05) is 11.3 Å². The number of alkyl halides is 3. The van der Waals surface area contributed by atoms with Gasteiger partial charge in [0.15, 0.2) is 0 Å². The number of carboxylic acids is 1. The Morgan fingerprint density at radius 2 is 1.91 bits per heavy atom. The molecular formula is C11H15F3N4O3S. The normalized spacial score (nSPS) is 12.0. The Hall–Kier alpha value is -1.91. The van der Waals surface area contributed by atoms with Crippen LogP contribution in [0.5, 0.6) is 0 Å². The largest absolute Gasteiger partial charge is 0.481 e. The summed E-state index contributed by atoms with van der Waals surface area (Å²) in [7, 11) is 0. The van der Waals surface area contributed by atoms with Gasteiger partial charge in [0, 0.05) is 12.0 Å². The van der Waals surface area contributed by atoms with E-state index in [0.717, 1.165) is 0 Å². The minimum absolute atomic E-state index is 0.0641. The molecule has 0 saturated heterocycles. The number of carbonyl (C=O) groups excluding carboxylic acids is 1. The first-order valence-corrected chi connectivity index (χ1v) is 6.98. The van der Waals surface area contributed by atoms with E-state index in [1.165, 1.54) is 0 Å². The van der Waals surface area contributed by atoms with Crippen LogP contribution in [0.2, 0.25) is 0 Å². The molecule has 0 aromatic carbocycles. The summed E-state index contributed by atoms with van der Waals surface area (Å²) >= 11 is 0.624. The molecule has 1 heterocycles. The van der Waals surface area contributed by atoms with Gasteiger partial charge in [-0.15, -0.1) is 10.2 Å². The monoisotopic (exact) mass is 340 g/mol. The second kappa shape index (κ2) is 6.90. The number of hydrogen-bond donors (Lipinski definition) is 3. The first-order chi connectivity index (χ1) is 9.97. The van der Waals surface area contributed by atoms with Crippen LogP contribution < -0.4 is 10.6 Å². The highest BCUT2D eigenvalue weighted by Gasteiger charge is 2.30. The van der Waals surface area contributed by atoms with E-state index in [1.54, 1.807) is 13.8 Å². The molecule has 0 spiro atoms. The number of rotatable bonds is 6. The third kappa shape index (κ3) is 7.20.